The van der Waals surface area contributed by atoms with Gasteiger partial charge >= 0.3 is 0 Å². The van der Waals surface area contributed by atoms with Gasteiger partial charge in [-0.15, -0.1) is 10.2 Å². The molecule has 2 aliphatic heterocycles. The Labute approximate surface area is 131 Å². The SMILES string of the molecule is CN1CCC[C@@H]1c1nnc2n1CCN(C(=O)C1CCCC1)C2. The lowest BCUT2D eigenvalue weighted by Crippen LogP contribution is -2.41. The molecule has 1 atom stereocenters. The fourth-order valence-corrected chi connectivity index (χ4v) is 4.28. The summed E-state index contributed by atoms with van der Waals surface area (Å²) in [7, 11) is 2.16. The van der Waals surface area contributed by atoms with Gasteiger partial charge < -0.3 is 9.47 Å². The summed E-state index contributed by atoms with van der Waals surface area (Å²) >= 11 is 0. The van der Waals surface area contributed by atoms with E-state index in [0.29, 0.717) is 18.5 Å². The third-order valence-corrected chi connectivity index (χ3v) is 5.62. The molecule has 1 amide bonds. The number of likely N-dealkylation sites (tertiary alicyclic amines) is 1. The average molecular weight is 303 g/mol. The summed E-state index contributed by atoms with van der Waals surface area (Å²) < 4.78 is 2.25. The highest BCUT2D eigenvalue weighted by Gasteiger charge is 2.33. The molecule has 0 bridgehead atoms. The Hall–Kier alpha value is -1.43. The second-order valence-corrected chi connectivity index (χ2v) is 7.01. The number of carbonyl (C=O) groups excluding carboxylic acids is 1. The molecule has 0 unspecified atom stereocenters. The van der Waals surface area contributed by atoms with Gasteiger partial charge in [0.15, 0.2) is 11.6 Å². The predicted octanol–water partition coefficient (Wildman–Crippen LogP) is 1.58. The fourth-order valence-electron chi connectivity index (χ4n) is 4.28. The molecule has 120 valence electrons. The van der Waals surface area contributed by atoms with Crippen LogP contribution in [0.15, 0.2) is 0 Å². The molecule has 0 radical (unpaired) electrons. The Balaban J connectivity index is 1.50. The molecular weight excluding hydrogens is 278 g/mol. The Morgan fingerprint density at radius 2 is 1.86 bits per heavy atom. The fraction of sp³-hybridized carbons (Fsp3) is 0.812. The first-order valence-corrected chi connectivity index (χ1v) is 8.65. The van der Waals surface area contributed by atoms with E-state index in [1.165, 1.54) is 25.7 Å². The second-order valence-electron chi connectivity index (χ2n) is 7.01. The van der Waals surface area contributed by atoms with Crippen LogP contribution in [0.25, 0.3) is 0 Å². The van der Waals surface area contributed by atoms with Crippen LogP contribution in [0.4, 0.5) is 0 Å². The van der Waals surface area contributed by atoms with Crippen LogP contribution in [-0.4, -0.2) is 50.6 Å². The van der Waals surface area contributed by atoms with Crippen molar-refractivity contribution in [2.75, 3.05) is 20.1 Å². The number of aromatic nitrogens is 3. The third-order valence-electron chi connectivity index (χ3n) is 5.62. The van der Waals surface area contributed by atoms with Gasteiger partial charge in [0.25, 0.3) is 0 Å². The number of fused-ring (bicyclic) bond motifs is 1. The topological polar surface area (TPSA) is 54.3 Å². The third kappa shape index (κ3) is 2.33. The normalized spacial score (nSPS) is 26.6. The second kappa shape index (κ2) is 5.65. The number of hydrogen-bond donors (Lipinski definition) is 0. The Kier molecular flexibility index (Phi) is 3.64. The van der Waals surface area contributed by atoms with E-state index in [1.54, 1.807) is 0 Å². The number of carbonyl (C=O) groups is 1. The van der Waals surface area contributed by atoms with E-state index in [1.807, 2.05) is 4.90 Å². The Bertz CT molecular complexity index is 563. The van der Waals surface area contributed by atoms with Crippen LogP contribution in [0.1, 0.15) is 56.2 Å². The van der Waals surface area contributed by atoms with Crippen molar-refractivity contribution in [3.8, 4) is 0 Å². The highest BCUT2D eigenvalue weighted by molar-refractivity contribution is 5.79. The zero-order valence-corrected chi connectivity index (χ0v) is 13.4. The van der Waals surface area contributed by atoms with Gasteiger partial charge in [-0.05, 0) is 39.3 Å². The van der Waals surface area contributed by atoms with Gasteiger partial charge in [0.2, 0.25) is 5.91 Å². The molecule has 3 heterocycles. The molecule has 0 N–H and O–H groups in total. The van der Waals surface area contributed by atoms with Crippen molar-refractivity contribution >= 4 is 5.91 Å². The molecule has 6 nitrogen and oxygen atoms in total. The molecule has 6 heteroatoms. The van der Waals surface area contributed by atoms with E-state index in [-0.39, 0.29) is 5.92 Å². The minimum atomic E-state index is 0.259. The van der Waals surface area contributed by atoms with E-state index < -0.39 is 0 Å². The van der Waals surface area contributed by atoms with Crippen molar-refractivity contribution in [2.24, 2.45) is 5.92 Å². The van der Waals surface area contributed by atoms with Crippen LogP contribution >= 0.6 is 0 Å². The molecule has 1 saturated heterocycles. The van der Waals surface area contributed by atoms with E-state index in [9.17, 15) is 4.79 Å². The van der Waals surface area contributed by atoms with Crippen LogP contribution in [0.3, 0.4) is 0 Å². The lowest BCUT2D eigenvalue weighted by atomic mass is 10.1. The van der Waals surface area contributed by atoms with Crippen molar-refractivity contribution < 1.29 is 4.79 Å². The average Bonchev–Trinajstić information content (AvgIpc) is 3.25. The first-order chi connectivity index (χ1) is 10.7. The van der Waals surface area contributed by atoms with Crippen LogP contribution in [0.5, 0.6) is 0 Å². The number of amides is 1. The van der Waals surface area contributed by atoms with Gasteiger partial charge in [-0.2, -0.15) is 0 Å². The van der Waals surface area contributed by atoms with Crippen LogP contribution in [-0.2, 0) is 17.9 Å². The summed E-state index contributed by atoms with van der Waals surface area (Å²) in [6.45, 7) is 3.43. The lowest BCUT2D eigenvalue weighted by Gasteiger charge is -2.31. The van der Waals surface area contributed by atoms with Gasteiger partial charge in [-0.1, -0.05) is 12.8 Å². The Morgan fingerprint density at radius 1 is 1.05 bits per heavy atom. The Morgan fingerprint density at radius 3 is 2.59 bits per heavy atom. The molecule has 0 spiro atoms. The molecule has 3 aliphatic rings. The maximum absolute atomic E-state index is 12.6. The van der Waals surface area contributed by atoms with Crippen molar-refractivity contribution in [1.82, 2.24) is 24.6 Å². The van der Waals surface area contributed by atoms with Crippen molar-refractivity contribution in [2.45, 2.75) is 57.7 Å². The van der Waals surface area contributed by atoms with Crippen LogP contribution in [0.2, 0.25) is 0 Å². The lowest BCUT2D eigenvalue weighted by molar-refractivity contribution is -0.136. The van der Waals surface area contributed by atoms with E-state index in [0.717, 1.165) is 44.1 Å². The van der Waals surface area contributed by atoms with Gasteiger partial charge in [0, 0.05) is 19.0 Å². The van der Waals surface area contributed by atoms with Crippen molar-refractivity contribution in [3.05, 3.63) is 11.6 Å². The minimum absolute atomic E-state index is 0.259. The van der Waals surface area contributed by atoms with Crippen molar-refractivity contribution in [3.63, 3.8) is 0 Å². The molecule has 1 aliphatic carbocycles. The first-order valence-electron chi connectivity index (χ1n) is 8.65. The van der Waals surface area contributed by atoms with Gasteiger partial charge in [0.1, 0.15) is 0 Å². The molecular formula is C16H25N5O. The zero-order chi connectivity index (χ0) is 15.1. The molecule has 22 heavy (non-hydrogen) atoms. The molecule has 4 rings (SSSR count). The number of nitrogens with zero attached hydrogens (tertiary/aromatic N) is 5. The summed E-state index contributed by atoms with van der Waals surface area (Å²) in [5.74, 6) is 2.66. The molecule has 2 fully saturated rings. The highest BCUT2D eigenvalue weighted by Crippen LogP contribution is 2.31. The monoisotopic (exact) mass is 303 g/mol. The molecule has 1 aromatic heterocycles. The van der Waals surface area contributed by atoms with Gasteiger partial charge in [-0.3, -0.25) is 9.69 Å². The summed E-state index contributed by atoms with van der Waals surface area (Å²) in [5, 5.41) is 8.84. The summed E-state index contributed by atoms with van der Waals surface area (Å²) in [4.78, 5) is 17.0. The summed E-state index contributed by atoms with van der Waals surface area (Å²) in [6.07, 6.45) is 6.95. The van der Waals surface area contributed by atoms with Gasteiger partial charge in [0.05, 0.1) is 12.6 Å². The van der Waals surface area contributed by atoms with Crippen LogP contribution < -0.4 is 0 Å². The highest BCUT2D eigenvalue weighted by atomic mass is 16.2. The largest absolute Gasteiger partial charge is 0.333 e. The standard InChI is InChI=1S/C16H25N5O/c1-19-8-4-7-13(19)15-18-17-14-11-20(9-10-21(14)15)16(22)12-5-2-3-6-12/h12-13H,2-11H2,1H3/t13-/m1/s1. The molecule has 1 aromatic rings. The smallest absolute Gasteiger partial charge is 0.226 e. The van der Waals surface area contributed by atoms with E-state index in [4.69, 9.17) is 0 Å². The van der Waals surface area contributed by atoms with E-state index >= 15 is 0 Å². The van der Waals surface area contributed by atoms with Crippen LogP contribution in [0, 0.1) is 5.92 Å². The van der Waals surface area contributed by atoms with Gasteiger partial charge in [-0.25, -0.2) is 0 Å². The minimum Gasteiger partial charge on any atom is -0.333 e. The maximum Gasteiger partial charge on any atom is 0.226 e. The quantitative estimate of drug-likeness (QED) is 0.832. The number of hydrogen-bond acceptors (Lipinski definition) is 4. The maximum atomic E-state index is 12.6. The zero-order valence-electron chi connectivity index (χ0n) is 13.4. The van der Waals surface area contributed by atoms with Crippen molar-refractivity contribution in [1.29, 1.82) is 0 Å². The summed E-state index contributed by atoms with van der Waals surface area (Å²) in [5.41, 5.74) is 0. The molecule has 1 saturated carbocycles. The number of rotatable bonds is 2. The molecule has 0 aromatic carbocycles. The first kappa shape index (κ1) is 14.2. The van der Waals surface area contributed by atoms with E-state index in [2.05, 4.69) is 26.7 Å². The predicted molar refractivity (Wildman–Crippen MR) is 82.0 cm³/mol. The summed E-state index contributed by atoms with van der Waals surface area (Å²) in [6, 6.07) is 0.401.